The molecule has 0 saturated heterocycles. The van der Waals surface area contributed by atoms with Crippen molar-refractivity contribution in [2.75, 3.05) is 18.9 Å². The fraction of sp³-hybridized carbons (Fsp3) is 0.417. The summed E-state index contributed by atoms with van der Waals surface area (Å²) < 4.78 is 5.91. The number of nitrogens with two attached hydrogens (primary N) is 1. The second-order valence-corrected chi connectivity index (χ2v) is 5.50. The minimum Gasteiger partial charge on any atom is -0.465 e. The van der Waals surface area contributed by atoms with Gasteiger partial charge in [-0.2, -0.15) is 0 Å². The third-order valence-electron chi connectivity index (χ3n) is 2.14. The van der Waals surface area contributed by atoms with Crippen LogP contribution < -0.4 is 5.73 Å². The maximum Gasteiger partial charge on any atom is 0.315 e. The highest BCUT2D eigenvalue weighted by Gasteiger charge is 2.13. The van der Waals surface area contributed by atoms with Crippen LogP contribution in [0.15, 0.2) is 28.7 Å². The lowest BCUT2D eigenvalue weighted by molar-refractivity contribution is -0.139. The Morgan fingerprint density at radius 2 is 2.35 bits per heavy atom. The molecule has 17 heavy (non-hydrogen) atoms. The Bertz CT molecular complexity index is 373. The second-order valence-electron chi connectivity index (χ2n) is 3.40. The maximum atomic E-state index is 11.3. The number of rotatable bonds is 6. The number of ether oxygens (including phenoxy) is 1. The summed E-state index contributed by atoms with van der Waals surface area (Å²) in [4.78, 5) is 11.3. The van der Waals surface area contributed by atoms with E-state index < -0.39 is 0 Å². The molecule has 1 aromatic carbocycles. The molecule has 94 valence electrons. The lowest BCUT2D eigenvalue weighted by Gasteiger charge is -2.14. The van der Waals surface area contributed by atoms with E-state index in [4.69, 9.17) is 10.5 Å². The van der Waals surface area contributed by atoms with Gasteiger partial charge in [-0.3, -0.25) is 4.79 Å². The Morgan fingerprint density at radius 1 is 1.59 bits per heavy atom. The fourth-order valence-corrected chi connectivity index (χ4v) is 2.69. The number of carbonyl (C=O) groups is 1. The molecule has 1 aromatic rings. The Balaban J connectivity index is 2.57. The van der Waals surface area contributed by atoms with Crippen LogP contribution in [0, 0.1) is 0 Å². The van der Waals surface area contributed by atoms with E-state index in [9.17, 15) is 4.79 Å². The van der Waals surface area contributed by atoms with Crippen molar-refractivity contribution in [3.05, 3.63) is 34.3 Å². The minimum absolute atomic E-state index is 0.122. The van der Waals surface area contributed by atoms with E-state index in [1.165, 1.54) is 11.8 Å². The van der Waals surface area contributed by atoms with E-state index >= 15 is 0 Å². The topological polar surface area (TPSA) is 52.3 Å². The van der Waals surface area contributed by atoms with Crippen molar-refractivity contribution < 1.29 is 9.53 Å². The molecule has 0 amide bonds. The molecule has 0 radical (unpaired) electrons. The third-order valence-corrected chi connectivity index (χ3v) is 3.90. The number of thioether (sulfide) groups is 1. The molecule has 0 aliphatic carbocycles. The van der Waals surface area contributed by atoms with Crippen molar-refractivity contribution in [2.24, 2.45) is 5.73 Å². The van der Waals surface area contributed by atoms with Gasteiger partial charge < -0.3 is 10.5 Å². The summed E-state index contributed by atoms with van der Waals surface area (Å²) in [6, 6.07) is 7.97. The number of benzene rings is 1. The molecule has 0 saturated carbocycles. The van der Waals surface area contributed by atoms with Crippen LogP contribution in [0.2, 0.25) is 0 Å². The molecule has 1 unspecified atom stereocenters. The maximum absolute atomic E-state index is 11.3. The van der Waals surface area contributed by atoms with Gasteiger partial charge in [-0.1, -0.05) is 28.1 Å². The summed E-state index contributed by atoms with van der Waals surface area (Å²) in [5.41, 5.74) is 6.85. The van der Waals surface area contributed by atoms with E-state index in [1.807, 2.05) is 24.3 Å². The summed E-state index contributed by atoms with van der Waals surface area (Å²) in [7, 11) is 0. The number of hydrogen-bond donors (Lipinski definition) is 1. The van der Waals surface area contributed by atoms with Crippen molar-refractivity contribution in [1.82, 2.24) is 0 Å². The highest BCUT2D eigenvalue weighted by atomic mass is 79.9. The molecule has 0 aliphatic rings. The summed E-state index contributed by atoms with van der Waals surface area (Å²) in [5, 5.41) is 0.122. The van der Waals surface area contributed by atoms with Gasteiger partial charge in [-0.25, -0.2) is 0 Å². The average Bonchev–Trinajstić information content (AvgIpc) is 2.30. The molecular formula is C12H16BrNO2S. The Kier molecular flexibility index (Phi) is 6.62. The molecule has 0 aliphatic heterocycles. The normalized spacial score (nSPS) is 12.2. The van der Waals surface area contributed by atoms with Gasteiger partial charge in [0.2, 0.25) is 0 Å². The van der Waals surface area contributed by atoms with Crippen LogP contribution in [0.3, 0.4) is 0 Å². The Morgan fingerprint density at radius 3 is 2.94 bits per heavy atom. The predicted octanol–water partition coefficient (Wildman–Crippen LogP) is 2.75. The highest BCUT2D eigenvalue weighted by molar-refractivity contribution is 9.10. The molecular weight excluding hydrogens is 302 g/mol. The lowest BCUT2D eigenvalue weighted by atomic mass is 10.1. The standard InChI is InChI=1S/C12H16BrNO2S/c1-2-16-12(15)8-17-11(7-14)9-4-3-5-10(13)6-9/h3-6,11H,2,7-8,14H2,1H3. The van der Waals surface area contributed by atoms with E-state index in [1.54, 1.807) is 6.92 Å². The van der Waals surface area contributed by atoms with Gasteiger partial charge in [0, 0.05) is 16.3 Å². The van der Waals surface area contributed by atoms with Gasteiger partial charge in [-0.05, 0) is 24.6 Å². The zero-order chi connectivity index (χ0) is 12.7. The van der Waals surface area contributed by atoms with E-state index in [-0.39, 0.29) is 11.2 Å². The van der Waals surface area contributed by atoms with E-state index in [2.05, 4.69) is 15.9 Å². The van der Waals surface area contributed by atoms with Gasteiger partial charge in [-0.15, -0.1) is 11.8 Å². The molecule has 3 nitrogen and oxygen atoms in total. The molecule has 0 aromatic heterocycles. The molecule has 2 N–H and O–H groups in total. The smallest absolute Gasteiger partial charge is 0.315 e. The first-order chi connectivity index (χ1) is 8.17. The predicted molar refractivity (Wildman–Crippen MR) is 75.0 cm³/mol. The van der Waals surface area contributed by atoms with E-state index in [0.717, 1.165) is 10.0 Å². The quantitative estimate of drug-likeness (QED) is 0.820. The van der Waals surface area contributed by atoms with Crippen molar-refractivity contribution in [3.8, 4) is 0 Å². The first-order valence-corrected chi connectivity index (χ1v) is 7.24. The van der Waals surface area contributed by atoms with Crippen LogP contribution in [0.1, 0.15) is 17.7 Å². The molecule has 1 atom stereocenters. The zero-order valence-electron chi connectivity index (χ0n) is 9.69. The summed E-state index contributed by atoms with van der Waals surface area (Å²) in [5.74, 6) is 0.147. The number of carbonyl (C=O) groups excluding carboxylic acids is 1. The SMILES string of the molecule is CCOC(=O)CSC(CN)c1cccc(Br)c1. The number of esters is 1. The molecule has 0 fully saturated rings. The Labute approximate surface area is 114 Å². The molecule has 5 heteroatoms. The Hall–Kier alpha value is -0.520. The summed E-state index contributed by atoms with van der Waals surface area (Å²) >= 11 is 4.93. The van der Waals surface area contributed by atoms with Crippen LogP contribution in [0.4, 0.5) is 0 Å². The van der Waals surface area contributed by atoms with Crippen LogP contribution in [-0.4, -0.2) is 24.9 Å². The zero-order valence-corrected chi connectivity index (χ0v) is 12.1. The molecule has 0 spiro atoms. The van der Waals surface area contributed by atoms with Gasteiger partial charge in [0.1, 0.15) is 0 Å². The largest absolute Gasteiger partial charge is 0.465 e. The summed E-state index contributed by atoms with van der Waals surface area (Å²) in [6.07, 6.45) is 0. The monoisotopic (exact) mass is 317 g/mol. The first-order valence-electron chi connectivity index (χ1n) is 5.40. The first kappa shape index (κ1) is 14.5. The fourth-order valence-electron chi connectivity index (χ4n) is 1.38. The molecule has 1 rings (SSSR count). The van der Waals surface area contributed by atoms with Crippen LogP contribution in [0.25, 0.3) is 0 Å². The van der Waals surface area contributed by atoms with Gasteiger partial charge in [0.15, 0.2) is 0 Å². The third kappa shape index (κ3) is 5.10. The van der Waals surface area contributed by atoms with Crippen molar-refractivity contribution in [2.45, 2.75) is 12.2 Å². The van der Waals surface area contributed by atoms with Crippen molar-refractivity contribution in [1.29, 1.82) is 0 Å². The highest BCUT2D eigenvalue weighted by Crippen LogP contribution is 2.29. The van der Waals surface area contributed by atoms with Gasteiger partial charge in [0.05, 0.1) is 12.4 Å². The number of halogens is 1. The van der Waals surface area contributed by atoms with Crippen molar-refractivity contribution >= 4 is 33.7 Å². The van der Waals surface area contributed by atoms with Crippen LogP contribution in [0.5, 0.6) is 0 Å². The minimum atomic E-state index is -0.189. The lowest BCUT2D eigenvalue weighted by Crippen LogP contribution is -2.13. The van der Waals surface area contributed by atoms with Crippen LogP contribution >= 0.6 is 27.7 Å². The van der Waals surface area contributed by atoms with Gasteiger partial charge >= 0.3 is 5.97 Å². The molecule has 0 heterocycles. The van der Waals surface area contributed by atoms with Gasteiger partial charge in [0.25, 0.3) is 0 Å². The average molecular weight is 318 g/mol. The van der Waals surface area contributed by atoms with Crippen molar-refractivity contribution in [3.63, 3.8) is 0 Å². The van der Waals surface area contributed by atoms with E-state index in [0.29, 0.717) is 18.9 Å². The summed E-state index contributed by atoms with van der Waals surface area (Å²) in [6.45, 7) is 2.72. The van der Waals surface area contributed by atoms with Crippen LogP contribution in [-0.2, 0) is 9.53 Å². The second kappa shape index (κ2) is 7.74. The molecule has 0 bridgehead atoms. The number of hydrogen-bond acceptors (Lipinski definition) is 4.